The molecular weight excluding hydrogens is 338 g/mol. The molecule has 0 aliphatic carbocycles. The Labute approximate surface area is 154 Å². The van der Waals surface area contributed by atoms with Gasteiger partial charge in [-0.3, -0.25) is 9.69 Å². The van der Waals surface area contributed by atoms with E-state index in [0.29, 0.717) is 19.4 Å². The number of hydrogen-bond acceptors (Lipinski definition) is 5. The highest BCUT2D eigenvalue weighted by atomic mass is 32.1. The zero-order chi connectivity index (χ0) is 18.2. The zero-order valence-corrected chi connectivity index (χ0v) is 15.3. The van der Waals surface area contributed by atoms with Crippen LogP contribution < -0.4 is 0 Å². The summed E-state index contributed by atoms with van der Waals surface area (Å²) in [6.45, 7) is 6.07. The molecule has 1 N–H and O–H groups in total. The Hall–Kier alpha value is -1.76. The van der Waals surface area contributed by atoms with Crippen molar-refractivity contribution in [2.24, 2.45) is 0 Å². The smallest absolute Gasteiger partial charge is 0.266 e. The van der Waals surface area contributed by atoms with Gasteiger partial charge in [-0.05, 0) is 30.6 Å². The standard InChI is InChI=1S/C19H25NO4S/c1-3-8-16(21)17(23-11-4-2)18(22)20-15(13-24-19(20)25)12-14-9-6-5-7-10-14/h4-7,9-10,15-17,21H,2-3,8,11-13H2,1H3/t15-,16+,17-/m0/s1. The first-order chi connectivity index (χ1) is 12.1. The molecule has 0 aromatic heterocycles. The van der Waals surface area contributed by atoms with Crippen molar-refractivity contribution >= 4 is 23.3 Å². The largest absolute Gasteiger partial charge is 0.468 e. The zero-order valence-electron chi connectivity index (χ0n) is 14.5. The minimum absolute atomic E-state index is 0.141. The monoisotopic (exact) mass is 363 g/mol. The van der Waals surface area contributed by atoms with Crippen molar-refractivity contribution in [1.82, 2.24) is 4.90 Å². The highest BCUT2D eigenvalue weighted by Gasteiger charge is 2.41. The first-order valence-corrected chi connectivity index (χ1v) is 8.93. The molecule has 1 aliphatic heterocycles. The molecule has 0 bridgehead atoms. The van der Waals surface area contributed by atoms with E-state index in [9.17, 15) is 9.90 Å². The average Bonchev–Trinajstić information content (AvgIpc) is 2.96. The maximum Gasteiger partial charge on any atom is 0.266 e. The van der Waals surface area contributed by atoms with E-state index in [1.54, 1.807) is 6.08 Å². The molecule has 2 rings (SSSR count). The van der Waals surface area contributed by atoms with E-state index < -0.39 is 12.2 Å². The number of aliphatic hydroxyl groups is 1. The summed E-state index contributed by atoms with van der Waals surface area (Å²) in [4.78, 5) is 14.5. The fraction of sp³-hybridized carbons (Fsp3) is 0.474. The normalized spacial score (nSPS) is 19.4. The number of nitrogens with zero attached hydrogens (tertiary/aromatic N) is 1. The second-order valence-corrected chi connectivity index (χ2v) is 6.38. The first kappa shape index (κ1) is 19.6. The molecule has 25 heavy (non-hydrogen) atoms. The van der Waals surface area contributed by atoms with Crippen molar-refractivity contribution in [3.05, 3.63) is 48.6 Å². The maximum atomic E-state index is 13.0. The molecule has 6 heteroatoms. The Kier molecular flexibility index (Phi) is 7.55. The average molecular weight is 363 g/mol. The Morgan fingerprint density at radius 2 is 2.24 bits per heavy atom. The Balaban J connectivity index is 2.16. The van der Waals surface area contributed by atoms with E-state index in [0.717, 1.165) is 12.0 Å². The van der Waals surface area contributed by atoms with Crippen molar-refractivity contribution in [2.75, 3.05) is 13.2 Å². The van der Waals surface area contributed by atoms with Gasteiger partial charge in [0.1, 0.15) is 6.61 Å². The lowest BCUT2D eigenvalue weighted by molar-refractivity contribution is -0.147. The summed E-state index contributed by atoms with van der Waals surface area (Å²) in [5, 5.41) is 10.5. The summed E-state index contributed by atoms with van der Waals surface area (Å²) in [5.41, 5.74) is 1.09. The molecule has 0 saturated carbocycles. The number of ether oxygens (including phenoxy) is 2. The number of carbonyl (C=O) groups is 1. The van der Waals surface area contributed by atoms with Crippen LogP contribution in [0.2, 0.25) is 0 Å². The summed E-state index contributed by atoms with van der Waals surface area (Å²) in [6, 6.07) is 9.66. The van der Waals surface area contributed by atoms with Crippen molar-refractivity contribution < 1.29 is 19.4 Å². The van der Waals surface area contributed by atoms with Gasteiger partial charge in [-0.25, -0.2) is 0 Å². The van der Waals surface area contributed by atoms with E-state index in [-0.39, 0.29) is 23.7 Å². The summed E-state index contributed by atoms with van der Waals surface area (Å²) >= 11 is 5.22. The van der Waals surface area contributed by atoms with Gasteiger partial charge in [-0.15, -0.1) is 6.58 Å². The van der Waals surface area contributed by atoms with Crippen molar-refractivity contribution in [1.29, 1.82) is 0 Å². The minimum Gasteiger partial charge on any atom is -0.468 e. The number of thiocarbonyl (C=S) groups is 1. The fourth-order valence-corrected chi connectivity index (χ4v) is 3.18. The van der Waals surface area contributed by atoms with E-state index in [1.165, 1.54) is 4.90 Å². The van der Waals surface area contributed by atoms with Crippen molar-refractivity contribution in [3.63, 3.8) is 0 Å². The van der Waals surface area contributed by atoms with Gasteiger partial charge in [0.15, 0.2) is 6.10 Å². The highest BCUT2D eigenvalue weighted by Crippen LogP contribution is 2.21. The van der Waals surface area contributed by atoms with Crippen molar-refractivity contribution in [3.8, 4) is 0 Å². The van der Waals surface area contributed by atoms with Crippen LogP contribution >= 0.6 is 12.2 Å². The molecule has 5 nitrogen and oxygen atoms in total. The predicted molar refractivity (Wildman–Crippen MR) is 100 cm³/mol. The maximum absolute atomic E-state index is 13.0. The summed E-state index contributed by atoms with van der Waals surface area (Å²) in [5.74, 6) is -0.355. The van der Waals surface area contributed by atoms with Gasteiger partial charge in [0, 0.05) is 0 Å². The van der Waals surface area contributed by atoms with Crippen LogP contribution in [0.25, 0.3) is 0 Å². The Morgan fingerprint density at radius 3 is 2.88 bits per heavy atom. The van der Waals surface area contributed by atoms with Crippen LogP contribution in [0.4, 0.5) is 0 Å². The molecule has 1 aromatic carbocycles. The molecule has 3 atom stereocenters. The van der Waals surface area contributed by atoms with Gasteiger partial charge >= 0.3 is 0 Å². The molecule has 0 spiro atoms. The molecule has 1 aliphatic rings. The van der Waals surface area contributed by atoms with Gasteiger partial charge in [-0.2, -0.15) is 0 Å². The summed E-state index contributed by atoms with van der Waals surface area (Å²) < 4.78 is 11.0. The number of benzene rings is 1. The molecule has 1 heterocycles. The van der Waals surface area contributed by atoms with E-state index >= 15 is 0 Å². The lowest BCUT2D eigenvalue weighted by Crippen LogP contribution is -2.50. The van der Waals surface area contributed by atoms with Crippen LogP contribution in [0.15, 0.2) is 43.0 Å². The molecule has 0 unspecified atom stereocenters. The van der Waals surface area contributed by atoms with E-state index in [1.807, 2.05) is 37.3 Å². The third-order valence-corrected chi connectivity index (χ3v) is 4.40. The Bertz CT molecular complexity index is 592. The second kappa shape index (κ2) is 9.65. The molecule has 1 amide bonds. The highest BCUT2D eigenvalue weighted by molar-refractivity contribution is 7.80. The lowest BCUT2D eigenvalue weighted by atomic mass is 10.0. The second-order valence-electron chi connectivity index (χ2n) is 6.03. The Morgan fingerprint density at radius 1 is 1.52 bits per heavy atom. The summed E-state index contributed by atoms with van der Waals surface area (Å²) in [7, 11) is 0. The first-order valence-electron chi connectivity index (χ1n) is 8.52. The van der Waals surface area contributed by atoms with Gasteiger partial charge in [0.2, 0.25) is 0 Å². The number of carbonyl (C=O) groups excluding carboxylic acids is 1. The number of amides is 1. The van der Waals surface area contributed by atoms with Crippen LogP contribution in [-0.4, -0.2) is 52.6 Å². The van der Waals surface area contributed by atoms with Crippen LogP contribution in [0, 0.1) is 0 Å². The van der Waals surface area contributed by atoms with Gasteiger partial charge in [-0.1, -0.05) is 49.8 Å². The van der Waals surface area contributed by atoms with Gasteiger partial charge < -0.3 is 14.6 Å². The number of rotatable bonds is 9. The van der Waals surface area contributed by atoms with E-state index in [4.69, 9.17) is 21.7 Å². The fourth-order valence-electron chi connectivity index (χ4n) is 2.87. The topological polar surface area (TPSA) is 59.0 Å². The van der Waals surface area contributed by atoms with Crippen LogP contribution in [0.5, 0.6) is 0 Å². The third kappa shape index (κ3) is 5.11. The van der Waals surface area contributed by atoms with Crippen LogP contribution in [0.3, 0.4) is 0 Å². The van der Waals surface area contributed by atoms with Gasteiger partial charge in [0.25, 0.3) is 11.1 Å². The lowest BCUT2D eigenvalue weighted by Gasteiger charge is -2.28. The van der Waals surface area contributed by atoms with Crippen molar-refractivity contribution in [2.45, 2.75) is 44.4 Å². The van der Waals surface area contributed by atoms with Crippen LogP contribution in [-0.2, 0) is 20.7 Å². The van der Waals surface area contributed by atoms with Crippen LogP contribution in [0.1, 0.15) is 25.3 Å². The molecular formula is C19H25NO4S. The number of aliphatic hydroxyl groups excluding tert-OH is 1. The molecule has 0 radical (unpaired) electrons. The molecule has 1 fully saturated rings. The molecule has 1 aromatic rings. The van der Waals surface area contributed by atoms with E-state index in [2.05, 4.69) is 6.58 Å². The third-order valence-electron chi connectivity index (χ3n) is 4.08. The molecule has 136 valence electrons. The summed E-state index contributed by atoms with van der Waals surface area (Å²) in [6.07, 6.45) is 1.54. The van der Waals surface area contributed by atoms with Gasteiger partial charge in [0.05, 0.1) is 18.8 Å². The SMILES string of the molecule is C=CCO[C@H](C(=O)N1C(=S)OC[C@@H]1Cc1ccccc1)[C@H](O)CCC. The minimum atomic E-state index is -0.976. The predicted octanol–water partition coefficient (Wildman–Crippen LogP) is 2.47. The number of hydrogen-bond donors (Lipinski definition) is 1. The molecule has 1 saturated heterocycles. The quantitative estimate of drug-likeness (QED) is 0.540.